The third-order valence-corrected chi connectivity index (χ3v) is 1.99. The fourth-order valence-corrected chi connectivity index (χ4v) is 1.14. The lowest BCUT2D eigenvalue weighted by atomic mass is 10.1. The first kappa shape index (κ1) is 10.3. The maximum absolute atomic E-state index is 13.1. The molecule has 0 bridgehead atoms. The Balaban J connectivity index is 3.23. The van der Waals surface area contributed by atoms with Crippen molar-refractivity contribution in [2.75, 3.05) is 0 Å². The molecule has 0 unspecified atom stereocenters. The quantitative estimate of drug-likeness (QED) is 0.682. The molecule has 0 spiro atoms. The van der Waals surface area contributed by atoms with Gasteiger partial charge in [0, 0.05) is 11.8 Å². The van der Waals surface area contributed by atoms with E-state index in [4.69, 9.17) is 11.6 Å². The van der Waals surface area contributed by atoms with Gasteiger partial charge >= 0.3 is 0 Å². The first-order chi connectivity index (χ1) is 6.07. The van der Waals surface area contributed by atoms with E-state index < -0.39 is 12.2 Å². The average molecular weight is 210 g/mol. The zero-order chi connectivity index (χ0) is 10.0. The summed E-state index contributed by atoms with van der Waals surface area (Å²) in [5, 5.41) is 0. The number of hydrogen-bond donors (Lipinski definition) is 0. The van der Waals surface area contributed by atoms with Crippen LogP contribution in [0, 0.1) is 12.7 Å². The highest BCUT2D eigenvalue weighted by Crippen LogP contribution is 2.24. The summed E-state index contributed by atoms with van der Waals surface area (Å²) < 4.78 is 37.6. The molecule has 0 aromatic carbocycles. The minimum absolute atomic E-state index is 0.00330. The van der Waals surface area contributed by atoms with Crippen molar-refractivity contribution in [2.24, 2.45) is 0 Å². The van der Waals surface area contributed by atoms with E-state index in [0.717, 1.165) is 6.20 Å². The van der Waals surface area contributed by atoms with Crippen LogP contribution in [0.15, 0.2) is 6.20 Å². The molecule has 0 atom stereocenters. The third-order valence-electron chi connectivity index (χ3n) is 1.74. The molecule has 0 N–H and O–H groups in total. The SMILES string of the molecule is Cc1c(C(F)F)cnc(CCl)c1F. The van der Waals surface area contributed by atoms with Crippen molar-refractivity contribution in [2.45, 2.75) is 19.2 Å². The Kier molecular flexibility index (Phi) is 3.14. The van der Waals surface area contributed by atoms with Crippen LogP contribution in [0.1, 0.15) is 23.2 Å². The first-order valence-electron chi connectivity index (χ1n) is 3.56. The molecule has 1 nitrogen and oxygen atoms in total. The fourth-order valence-electron chi connectivity index (χ4n) is 0.957. The van der Waals surface area contributed by atoms with Crippen molar-refractivity contribution >= 4 is 11.6 Å². The number of rotatable bonds is 2. The molecule has 0 saturated heterocycles. The Morgan fingerprint density at radius 1 is 1.54 bits per heavy atom. The number of pyridine rings is 1. The Bertz CT molecular complexity index is 315. The van der Waals surface area contributed by atoms with Gasteiger partial charge in [0.1, 0.15) is 5.82 Å². The minimum atomic E-state index is -2.70. The summed E-state index contributed by atoms with van der Waals surface area (Å²) in [7, 11) is 0. The molecule has 72 valence electrons. The van der Waals surface area contributed by atoms with Gasteiger partial charge in [0.2, 0.25) is 0 Å². The van der Waals surface area contributed by atoms with Crippen molar-refractivity contribution < 1.29 is 13.2 Å². The average Bonchev–Trinajstić information content (AvgIpc) is 2.09. The first-order valence-corrected chi connectivity index (χ1v) is 4.09. The molecule has 0 radical (unpaired) electrons. The van der Waals surface area contributed by atoms with Gasteiger partial charge in [-0.05, 0) is 12.5 Å². The number of nitrogens with zero attached hydrogens (tertiary/aromatic N) is 1. The Hall–Kier alpha value is -0.770. The van der Waals surface area contributed by atoms with E-state index >= 15 is 0 Å². The smallest absolute Gasteiger partial charge is 0.256 e. The lowest BCUT2D eigenvalue weighted by Crippen LogP contribution is -2.00. The minimum Gasteiger partial charge on any atom is -0.256 e. The lowest BCUT2D eigenvalue weighted by Gasteiger charge is -2.06. The van der Waals surface area contributed by atoms with Gasteiger partial charge < -0.3 is 0 Å². The largest absolute Gasteiger partial charge is 0.265 e. The predicted molar refractivity (Wildman–Crippen MR) is 43.4 cm³/mol. The van der Waals surface area contributed by atoms with E-state index in [1.54, 1.807) is 0 Å². The van der Waals surface area contributed by atoms with Crippen LogP contribution in [-0.2, 0) is 5.88 Å². The van der Waals surface area contributed by atoms with E-state index in [9.17, 15) is 13.2 Å². The number of alkyl halides is 3. The van der Waals surface area contributed by atoms with Crippen LogP contribution in [0.25, 0.3) is 0 Å². The highest BCUT2D eigenvalue weighted by molar-refractivity contribution is 6.16. The molecule has 0 fully saturated rings. The van der Waals surface area contributed by atoms with Crippen LogP contribution < -0.4 is 0 Å². The number of hydrogen-bond acceptors (Lipinski definition) is 1. The van der Waals surface area contributed by atoms with Crippen molar-refractivity contribution in [3.05, 3.63) is 28.8 Å². The number of aromatic nitrogens is 1. The maximum atomic E-state index is 13.1. The third kappa shape index (κ3) is 1.94. The van der Waals surface area contributed by atoms with Gasteiger partial charge in [-0.1, -0.05) is 0 Å². The molecule has 1 aromatic heterocycles. The van der Waals surface area contributed by atoms with Crippen LogP contribution in [-0.4, -0.2) is 4.98 Å². The van der Waals surface area contributed by atoms with Crippen LogP contribution in [0.5, 0.6) is 0 Å². The van der Waals surface area contributed by atoms with E-state index in [1.807, 2.05) is 0 Å². The van der Waals surface area contributed by atoms with E-state index in [-0.39, 0.29) is 22.7 Å². The second-order valence-corrected chi connectivity index (χ2v) is 2.80. The van der Waals surface area contributed by atoms with Crippen molar-refractivity contribution in [3.8, 4) is 0 Å². The standard InChI is InChI=1S/C8H7ClF3N/c1-4-5(8(11)12)3-13-6(2-9)7(4)10/h3,8H,2H2,1H3. The van der Waals surface area contributed by atoms with Gasteiger partial charge in [-0.15, -0.1) is 11.6 Å². The second kappa shape index (κ2) is 3.96. The van der Waals surface area contributed by atoms with Gasteiger partial charge in [0.15, 0.2) is 0 Å². The maximum Gasteiger partial charge on any atom is 0.265 e. The van der Waals surface area contributed by atoms with Gasteiger partial charge in [-0.2, -0.15) is 0 Å². The molecular formula is C8H7ClF3N. The summed E-state index contributed by atoms with van der Waals surface area (Å²) in [6.07, 6.45) is -1.74. The summed E-state index contributed by atoms with van der Waals surface area (Å²) in [6, 6.07) is 0. The van der Waals surface area contributed by atoms with Crippen molar-refractivity contribution in [3.63, 3.8) is 0 Å². The van der Waals surface area contributed by atoms with Crippen molar-refractivity contribution in [1.82, 2.24) is 4.98 Å². The summed E-state index contributed by atoms with van der Waals surface area (Å²) in [5.74, 6) is -0.858. The van der Waals surface area contributed by atoms with Crippen LogP contribution >= 0.6 is 11.6 Å². The lowest BCUT2D eigenvalue weighted by molar-refractivity contribution is 0.149. The van der Waals surface area contributed by atoms with Crippen LogP contribution in [0.3, 0.4) is 0 Å². The van der Waals surface area contributed by atoms with E-state index in [1.165, 1.54) is 6.92 Å². The molecule has 13 heavy (non-hydrogen) atoms. The van der Waals surface area contributed by atoms with Gasteiger partial charge in [0.25, 0.3) is 6.43 Å². The fraction of sp³-hybridized carbons (Fsp3) is 0.375. The monoisotopic (exact) mass is 209 g/mol. The van der Waals surface area contributed by atoms with Gasteiger partial charge in [-0.25, -0.2) is 13.2 Å². The molecule has 0 saturated carbocycles. The topological polar surface area (TPSA) is 12.9 Å². The highest BCUT2D eigenvalue weighted by atomic mass is 35.5. The molecule has 1 heterocycles. The Morgan fingerprint density at radius 2 is 2.15 bits per heavy atom. The van der Waals surface area contributed by atoms with Gasteiger partial charge in [0.05, 0.1) is 11.6 Å². The zero-order valence-electron chi connectivity index (χ0n) is 6.82. The van der Waals surface area contributed by atoms with E-state index in [0.29, 0.717) is 0 Å². The summed E-state index contributed by atoms with van der Waals surface area (Å²) >= 11 is 5.35. The summed E-state index contributed by atoms with van der Waals surface area (Å²) in [4.78, 5) is 3.49. The molecule has 1 rings (SSSR count). The van der Waals surface area contributed by atoms with E-state index in [2.05, 4.69) is 4.98 Å². The Labute approximate surface area is 78.5 Å². The van der Waals surface area contributed by atoms with Gasteiger partial charge in [-0.3, -0.25) is 4.98 Å². The summed E-state index contributed by atoms with van der Waals surface area (Å²) in [5.41, 5.74) is -0.462. The zero-order valence-corrected chi connectivity index (χ0v) is 7.58. The molecule has 5 heteroatoms. The Morgan fingerprint density at radius 3 is 2.62 bits per heavy atom. The van der Waals surface area contributed by atoms with Crippen LogP contribution in [0.4, 0.5) is 13.2 Å². The number of halogens is 4. The molecule has 0 aliphatic carbocycles. The molecule has 0 aliphatic rings. The normalized spacial score (nSPS) is 10.9. The second-order valence-electron chi connectivity index (χ2n) is 2.53. The molecular weight excluding hydrogens is 203 g/mol. The molecule has 1 aromatic rings. The van der Waals surface area contributed by atoms with Crippen molar-refractivity contribution in [1.29, 1.82) is 0 Å². The predicted octanol–water partition coefficient (Wildman–Crippen LogP) is 3.21. The van der Waals surface area contributed by atoms with Crippen LogP contribution in [0.2, 0.25) is 0 Å². The summed E-state index contributed by atoms with van der Waals surface area (Å²) in [6.45, 7) is 1.29. The molecule has 0 amide bonds. The molecule has 0 aliphatic heterocycles. The highest BCUT2D eigenvalue weighted by Gasteiger charge is 2.16.